The highest BCUT2D eigenvalue weighted by atomic mass is 79.9. The topological polar surface area (TPSA) is 49.7 Å². The lowest BCUT2D eigenvalue weighted by Gasteiger charge is -2.24. The molecule has 98 valence electrons. The number of ether oxygens (including phenoxy) is 1. The lowest BCUT2D eigenvalue weighted by molar-refractivity contribution is -0.0587. The van der Waals surface area contributed by atoms with E-state index < -0.39 is 6.10 Å². The Hall–Kier alpha value is 1.80. The molecular formula is C9H16Br4O3. The molecule has 0 aliphatic rings. The lowest BCUT2D eigenvalue weighted by atomic mass is 10.1. The minimum absolute atomic E-state index is 0.207. The second kappa shape index (κ2) is 10.7. The van der Waals surface area contributed by atoms with Crippen molar-refractivity contribution in [3.8, 4) is 0 Å². The van der Waals surface area contributed by atoms with Gasteiger partial charge < -0.3 is 14.9 Å². The van der Waals surface area contributed by atoms with Gasteiger partial charge in [0, 0.05) is 20.3 Å². The average molecular weight is 492 g/mol. The van der Waals surface area contributed by atoms with Crippen molar-refractivity contribution in [1.29, 1.82) is 0 Å². The summed E-state index contributed by atoms with van der Waals surface area (Å²) in [5.74, 6) is 0. The molecule has 0 aromatic carbocycles. The van der Waals surface area contributed by atoms with Gasteiger partial charge in [-0.05, 0) is 6.42 Å². The molecule has 0 amide bonds. The molecular weight excluding hydrogens is 476 g/mol. The van der Waals surface area contributed by atoms with Crippen molar-refractivity contribution in [2.75, 3.05) is 23.9 Å². The van der Waals surface area contributed by atoms with E-state index in [4.69, 9.17) is 9.84 Å². The van der Waals surface area contributed by atoms with E-state index in [1.54, 1.807) is 0 Å². The first kappa shape index (κ1) is 17.8. The van der Waals surface area contributed by atoms with Crippen LogP contribution in [0.3, 0.4) is 0 Å². The number of aliphatic hydroxyl groups excluding tert-OH is 2. The fourth-order valence-corrected chi connectivity index (χ4v) is 2.01. The van der Waals surface area contributed by atoms with E-state index in [0.717, 1.165) is 10.7 Å². The van der Waals surface area contributed by atoms with Crippen LogP contribution in [0.1, 0.15) is 6.42 Å². The van der Waals surface area contributed by atoms with E-state index in [1.807, 2.05) is 0 Å². The van der Waals surface area contributed by atoms with E-state index in [2.05, 4.69) is 63.7 Å². The third-order valence-corrected chi connectivity index (χ3v) is 6.52. The van der Waals surface area contributed by atoms with Gasteiger partial charge in [0.25, 0.3) is 0 Å². The summed E-state index contributed by atoms with van der Waals surface area (Å²) in [7, 11) is 0. The van der Waals surface area contributed by atoms with Crippen molar-refractivity contribution in [1.82, 2.24) is 0 Å². The second-order valence-corrected chi connectivity index (χ2v) is 7.25. The molecule has 0 spiro atoms. The van der Waals surface area contributed by atoms with Gasteiger partial charge in [0.05, 0.1) is 19.3 Å². The number of halogens is 4. The number of hydrogen-bond acceptors (Lipinski definition) is 3. The minimum Gasteiger partial charge on any atom is -0.394 e. The van der Waals surface area contributed by atoms with Crippen molar-refractivity contribution in [2.45, 2.75) is 28.3 Å². The van der Waals surface area contributed by atoms with Gasteiger partial charge in [-0.25, -0.2) is 0 Å². The van der Waals surface area contributed by atoms with Crippen LogP contribution in [-0.4, -0.2) is 55.9 Å². The van der Waals surface area contributed by atoms with Crippen molar-refractivity contribution in [3.63, 3.8) is 0 Å². The standard InChI is InChI=1S/C9H16Br4O3/c10-2-6(12)1-9(8(15)4-14)16-5-7(13)3-11/h6-9,14-15H,1-5H2. The second-order valence-electron chi connectivity index (χ2n) is 3.36. The Bertz CT molecular complexity index is 173. The van der Waals surface area contributed by atoms with Gasteiger partial charge in [0.2, 0.25) is 0 Å². The number of aliphatic hydroxyl groups is 2. The maximum Gasteiger partial charge on any atom is 0.103 e. The Labute approximate surface area is 130 Å². The lowest BCUT2D eigenvalue weighted by Crippen LogP contribution is -2.36. The molecule has 0 radical (unpaired) electrons. The fourth-order valence-electron chi connectivity index (χ4n) is 1.04. The van der Waals surface area contributed by atoms with Gasteiger partial charge in [-0.1, -0.05) is 63.7 Å². The van der Waals surface area contributed by atoms with Crippen LogP contribution in [0.4, 0.5) is 0 Å². The molecule has 0 fully saturated rings. The van der Waals surface area contributed by atoms with Crippen molar-refractivity contribution >= 4 is 63.7 Å². The molecule has 0 rings (SSSR count). The molecule has 4 unspecified atom stereocenters. The molecule has 0 aliphatic carbocycles. The molecule has 3 nitrogen and oxygen atoms in total. The smallest absolute Gasteiger partial charge is 0.103 e. The van der Waals surface area contributed by atoms with Crippen LogP contribution >= 0.6 is 63.7 Å². The zero-order valence-corrected chi connectivity index (χ0v) is 15.0. The van der Waals surface area contributed by atoms with Crippen LogP contribution in [0, 0.1) is 0 Å². The quantitative estimate of drug-likeness (QED) is 0.487. The highest BCUT2D eigenvalue weighted by Gasteiger charge is 2.23. The third kappa shape index (κ3) is 8.00. The van der Waals surface area contributed by atoms with E-state index in [-0.39, 0.29) is 22.4 Å². The summed E-state index contributed by atoms with van der Waals surface area (Å²) in [6, 6.07) is 0. The van der Waals surface area contributed by atoms with Gasteiger partial charge in [-0.15, -0.1) is 0 Å². The van der Waals surface area contributed by atoms with Crippen LogP contribution in [-0.2, 0) is 4.74 Å². The fraction of sp³-hybridized carbons (Fsp3) is 1.00. The molecule has 0 aromatic rings. The SMILES string of the molecule is OCC(O)C(CC(Br)CBr)OCC(Br)CBr. The number of rotatable bonds is 9. The zero-order chi connectivity index (χ0) is 12.6. The van der Waals surface area contributed by atoms with Gasteiger partial charge in [0.15, 0.2) is 0 Å². The summed E-state index contributed by atoms with van der Waals surface area (Å²) in [5.41, 5.74) is 0. The largest absolute Gasteiger partial charge is 0.394 e. The first-order valence-electron chi connectivity index (χ1n) is 4.85. The van der Waals surface area contributed by atoms with Crippen molar-refractivity contribution < 1.29 is 14.9 Å². The van der Waals surface area contributed by atoms with Crippen molar-refractivity contribution in [2.24, 2.45) is 0 Å². The minimum atomic E-state index is -0.839. The predicted molar refractivity (Wildman–Crippen MR) is 80.5 cm³/mol. The first-order valence-corrected chi connectivity index (χ1v) is 8.93. The predicted octanol–water partition coefficient (Wildman–Crippen LogP) is 2.43. The van der Waals surface area contributed by atoms with E-state index >= 15 is 0 Å². The monoisotopic (exact) mass is 488 g/mol. The zero-order valence-electron chi connectivity index (χ0n) is 8.66. The van der Waals surface area contributed by atoms with Gasteiger partial charge >= 0.3 is 0 Å². The van der Waals surface area contributed by atoms with E-state index in [1.165, 1.54) is 0 Å². The molecule has 0 aliphatic heterocycles. The van der Waals surface area contributed by atoms with E-state index in [0.29, 0.717) is 13.0 Å². The highest BCUT2D eigenvalue weighted by Crippen LogP contribution is 2.17. The maximum absolute atomic E-state index is 9.61. The molecule has 0 saturated carbocycles. The molecule has 7 heteroatoms. The number of hydrogen-bond donors (Lipinski definition) is 2. The Morgan fingerprint density at radius 3 is 2.06 bits per heavy atom. The summed E-state index contributed by atoms with van der Waals surface area (Å²) < 4.78 is 5.58. The van der Waals surface area contributed by atoms with Gasteiger partial charge in [-0.2, -0.15) is 0 Å². The van der Waals surface area contributed by atoms with Gasteiger partial charge in [0.1, 0.15) is 6.10 Å². The summed E-state index contributed by atoms with van der Waals surface area (Å²) >= 11 is 13.6. The van der Waals surface area contributed by atoms with Crippen LogP contribution in [0.2, 0.25) is 0 Å². The summed E-state index contributed by atoms with van der Waals surface area (Å²) in [6.07, 6.45) is -0.547. The maximum atomic E-state index is 9.61. The van der Waals surface area contributed by atoms with Crippen LogP contribution in [0.25, 0.3) is 0 Å². The summed E-state index contributed by atoms with van der Waals surface area (Å²) in [5, 5.41) is 20.1. The Kier molecular flexibility index (Phi) is 11.9. The molecule has 0 bridgehead atoms. The molecule has 4 atom stereocenters. The molecule has 16 heavy (non-hydrogen) atoms. The third-order valence-electron chi connectivity index (χ3n) is 1.93. The average Bonchev–Trinajstić information content (AvgIpc) is 2.32. The number of alkyl halides is 4. The van der Waals surface area contributed by atoms with Crippen LogP contribution < -0.4 is 0 Å². The normalized spacial score (nSPS) is 19.1. The molecule has 2 N–H and O–H groups in total. The van der Waals surface area contributed by atoms with Crippen molar-refractivity contribution in [3.05, 3.63) is 0 Å². The summed E-state index contributed by atoms with van der Waals surface area (Å²) in [4.78, 5) is 0.426. The molecule has 0 saturated heterocycles. The Balaban J connectivity index is 4.10. The van der Waals surface area contributed by atoms with Crippen LogP contribution in [0.15, 0.2) is 0 Å². The van der Waals surface area contributed by atoms with Crippen LogP contribution in [0.5, 0.6) is 0 Å². The van der Waals surface area contributed by atoms with E-state index in [9.17, 15) is 5.11 Å². The molecule has 0 aromatic heterocycles. The first-order chi connectivity index (χ1) is 7.54. The Morgan fingerprint density at radius 1 is 1.06 bits per heavy atom. The van der Waals surface area contributed by atoms with Gasteiger partial charge in [-0.3, -0.25) is 0 Å². The summed E-state index contributed by atoms with van der Waals surface area (Å²) in [6.45, 7) is 0.211. The molecule has 0 heterocycles. The Morgan fingerprint density at radius 2 is 1.62 bits per heavy atom. The highest BCUT2D eigenvalue weighted by molar-refractivity contribution is 9.12.